The largest absolute Gasteiger partial charge is 0.491 e. The molecule has 0 radical (unpaired) electrons. The molecule has 5 heteroatoms. The molecule has 0 atom stereocenters. The number of nitrogens with zero attached hydrogens (tertiary/aromatic N) is 1. The van der Waals surface area contributed by atoms with E-state index < -0.39 is 0 Å². The molecule has 0 spiro atoms. The van der Waals surface area contributed by atoms with Gasteiger partial charge in [0.05, 0.1) is 12.3 Å². The minimum absolute atomic E-state index is 0.0776. The van der Waals surface area contributed by atoms with Crippen LogP contribution in [-0.4, -0.2) is 36.3 Å². The minimum Gasteiger partial charge on any atom is -0.491 e. The number of benzene rings is 1. The lowest BCUT2D eigenvalue weighted by molar-refractivity contribution is -0.120. The zero-order valence-corrected chi connectivity index (χ0v) is 11.7. The third kappa shape index (κ3) is 3.29. The fraction of sp³-hybridized carbons (Fsp3) is 0.467. The third-order valence-electron chi connectivity index (χ3n) is 3.33. The van der Waals surface area contributed by atoms with Gasteiger partial charge in [-0.2, -0.15) is 0 Å². The molecule has 2 N–H and O–H groups in total. The van der Waals surface area contributed by atoms with Gasteiger partial charge in [-0.25, -0.2) is 0 Å². The van der Waals surface area contributed by atoms with Crippen molar-refractivity contribution >= 4 is 17.4 Å². The van der Waals surface area contributed by atoms with Crippen LogP contribution < -0.4 is 10.5 Å². The maximum atomic E-state index is 12.3. The molecule has 0 aliphatic carbocycles. The van der Waals surface area contributed by atoms with Crippen LogP contribution in [0.3, 0.4) is 0 Å². The first-order valence-electron chi connectivity index (χ1n) is 6.95. The van der Waals surface area contributed by atoms with Crippen molar-refractivity contribution in [1.29, 1.82) is 0 Å². The van der Waals surface area contributed by atoms with E-state index >= 15 is 0 Å². The molecule has 1 amide bonds. The van der Waals surface area contributed by atoms with E-state index in [4.69, 9.17) is 10.5 Å². The Morgan fingerprint density at radius 2 is 2.05 bits per heavy atom. The van der Waals surface area contributed by atoms with E-state index in [1.807, 2.05) is 6.92 Å². The SMILES string of the molecule is CCCOc1ccc(C(=O)N2CCC(=O)CC2)cc1N. The van der Waals surface area contributed by atoms with E-state index in [0.29, 0.717) is 49.5 Å². The molecule has 1 aliphatic heterocycles. The first-order valence-corrected chi connectivity index (χ1v) is 6.95. The van der Waals surface area contributed by atoms with Crippen LogP contribution in [0.15, 0.2) is 18.2 Å². The number of nitrogen functional groups attached to an aromatic ring is 1. The summed E-state index contributed by atoms with van der Waals surface area (Å²) in [7, 11) is 0. The summed E-state index contributed by atoms with van der Waals surface area (Å²) < 4.78 is 5.49. The molecule has 0 bridgehead atoms. The molecule has 0 aromatic heterocycles. The maximum Gasteiger partial charge on any atom is 0.253 e. The molecule has 0 unspecified atom stereocenters. The molecule has 1 aromatic rings. The predicted molar refractivity (Wildman–Crippen MR) is 76.8 cm³/mol. The van der Waals surface area contributed by atoms with Crippen molar-refractivity contribution in [3.8, 4) is 5.75 Å². The van der Waals surface area contributed by atoms with Gasteiger partial charge in [-0.05, 0) is 24.6 Å². The first-order chi connectivity index (χ1) is 9.61. The van der Waals surface area contributed by atoms with Gasteiger partial charge in [0.1, 0.15) is 11.5 Å². The van der Waals surface area contributed by atoms with E-state index in [9.17, 15) is 9.59 Å². The van der Waals surface area contributed by atoms with Crippen LogP contribution in [0.4, 0.5) is 5.69 Å². The van der Waals surface area contributed by atoms with E-state index in [-0.39, 0.29) is 11.7 Å². The number of hydrogen-bond acceptors (Lipinski definition) is 4. The molecule has 1 aliphatic rings. The molecule has 1 fully saturated rings. The van der Waals surface area contributed by atoms with Crippen LogP contribution in [0, 0.1) is 0 Å². The number of piperidine rings is 1. The second kappa shape index (κ2) is 6.41. The summed E-state index contributed by atoms with van der Waals surface area (Å²) in [4.78, 5) is 25.2. The normalized spacial score (nSPS) is 15.2. The number of hydrogen-bond donors (Lipinski definition) is 1. The number of amides is 1. The van der Waals surface area contributed by atoms with Gasteiger partial charge in [0.25, 0.3) is 5.91 Å². The Bertz CT molecular complexity index is 504. The van der Waals surface area contributed by atoms with Crippen molar-refractivity contribution < 1.29 is 14.3 Å². The number of carbonyl (C=O) groups is 2. The molecule has 0 saturated carbocycles. The van der Waals surface area contributed by atoms with E-state index in [2.05, 4.69) is 0 Å². The molecule has 108 valence electrons. The summed E-state index contributed by atoms with van der Waals surface area (Å²) in [5.74, 6) is 0.750. The van der Waals surface area contributed by atoms with Crippen molar-refractivity contribution in [2.45, 2.75) is 26.2 Å². The highest BCUT2D eigenvalue weighted by molar-refractivity contribution is 5.96. The average molecular weight is 276 g/mol. The number of anilines is 1. The van der Waals surface area contributed by atoms with Crippen LogP contribution in [0.5, 0.6) is 5.75 Å². The van der Waals surface area contributed by atoms with Crippen LogP contribution in [-0.2, 0) is 4.79 Å². The number of likely N-dealkylation sites (tertiary alicyclic amines) is 1. The number of rotatable bonds is 4. The topological polar surface area (TPSA) is 72.6 Å². The summed E-state index contributed by atoms with van der Waals surface area (Å²) in [6, 6.07) is 5.09. The lowest BCUT2D eigenvalue weighted by atomic mass is 10.1. The zero-order valence-electron chi connectivity index (χ0n) is 11.7. The van der Waals surface area contributed by atoms with Gasteiger partial charge in [-0.1, -0.05) is 6.92 Å². The number of ether oxygens (including phenoxy) is 1. The van der Waals surface area contributed by atoms with Gasteiger partial charge in [0, 0.05) is 31.5 Å². The number of ketones is 1. The first kappa shape index (κ1) is 14.4. The third-order valence-corrected chi connectivity index (χ3v) is 3.33. The Labute approximate surface area is 118 Å². The van der Waals surface area contributed by atoms with E-state index in [1.165, 1.54) is 0 Å². The van der Waals surface area contributed by atoms with Gasteiger partial charge in [-0.15, -0.1) is 0 Å². The molecule has 20 heavy (non-hydrogen) atoms. The van der Waals surface area contributed by atoms with E-state index in [1.54, 1.807) is 23.1 Å². The fourth-order valence-electron chi connectivity index (χ4n) is 2.17. The quantitative estimate of drug-likeness (QED) is 0.852. The molecule has 2 rings (SSSR count). The lowest BCUT2D eigenvalue weighted by Gasteiger charge is -2.26. The smallest absolute Gasteiger partial charge is 0.253 e. The second-order valence-electron chi connectivity index (χ2n) is 4.93. The monoisotopic (exact) mass is 276 g/mol. The van der Waals surface area contributed by atoms with Gasteiger partial charge in [-0.3, -0.25) is 9.59 Å². The van der Waals surface area contributed by atoms with Gasteiger partial charge < -0.3 is 15.4 Å². The lowest BCUT2D eigenvalue weighted by Crippen LogP contribution is -2.38. The predicted octanol–water partition coefficient (Wildman–Crippen LogP) is 1.86. The molecule has 1 heterocycles. The average Bonchev–Trinajstić information content (AvgIpc) is 2.46. The summed E-state index contributed by atoms with van der Waals surface area (Å²) in [6.45, 7) is 3.61. The summed E-state index contributed by atoms with van der Waals surface area (Å²) in [5, 5.41) is 0. The molecule has 1 aromatic carbocycles. The van der Waals surface area contributed by atoms with Crippen LogP contribution in [0.1, 0.15) is 36.5 Å². The minimum atomic E-state index is -0.0776. The molecular weight excluding hydrogens is 256 g/mol. The van der Waals surface area contributed by atoms with Crippen molar-refractivity contribution in [1.82, 2.24) is 4.90 Å². The van der Waals surface area contributed by atoms with Crippen molar-refractivity contribution in [2.75, 3.05) is 25.4 Å². The molecular formula is C15H20N2O3. The maximum absolute atomic E-state index is 12.3. The number of Topliss-reactive ketones (excluding diaryl/α,β-unsaturated/α-hetero) is 1. The van der Waals surface area contributed by atoms with Crippen molar-refractivity contribution in [3.05, 3.63) is 23.8 Å². The highest BCUT2D eigenvalue weighted by Gasteiger charge is 2.22. The Morgan fingerprint density at radius 1 is 1.35 bits per heavy atom. The summed E-state index contributed by atoms with van der Waals surface area (Å²) in [5.41, 5.74) is 6.91. The van der Waals surface area contributed by atoms with Crippen LogP contribution >= 0.6 is 0 Å². The van der Waals surface area contributed by atoms with Crippen molar-refractivity contribution in [3.63, 3.8) is 0 Å². The highest BCUT2D eigenvalue weighted by atomic mass is 16.5. The Hall–Kier alpha value is -2.04. The Balaban J connectivity index is 2.07. The second-order valence-corrected chi connectivity index (χ2v) is 4.93. The fourth-order valence-corrected chi connectivity index (χ4v) is 2.17. The summed E-state index contributed by atoms with van der Waals surface area (Å²) >= 11 is 0. The molecule has 1 saturated heterocycles. The number of nitrogens with two attached hydrogens (primary N) is 1. The zero-order chi connectivity index (χ0) is 14.5. The Kier molecular flexibility index (Phi) is 4.61. The Morgan fingerprint density at radius 3 is 2.65 bits per heavy atom. The highest BCUT2D eigenvalue weighted by Crippen LogP contribution is 2.24. The van der Waals surface area contributed by atoms with Gasteiger partial charge in [0.2, 0.25) is 0 Å². The van der Waals surface area contributed by atoms with Crippen molar-refractivity contribution in [2.24, 2.45) is 0 Å². The number of carbonyl (C=O) groups excluding carboxylic acids is 2. The van der Waals surface area contributed by atoms with Crippen LogP contribution in [0.2, 0.25) is 0 Å². The summed E-state index contributed by atoms with van der Waals surface area (Å²) in [6.07, 6.45) is 1.79. The van der Waals surface area contributed by atoms with Gasteiger partial charge >= 0.3 is 0 Å². The van der Waals surface area contributed by atoms with Gasteiger partial charge in [0.15, 0.2) is 0 Å². The van der Waals surface area contributed by atoms with Crippen LogP contribution in [0.25, 0.3) is 0 Å². The standard InChI is InChI=1S/C15H20N2O3/c1-2-9-20-14-4-3-11(10-13(14)16)15(19)17-7-5-12(18)6-8-17/h3-4,10H,2,5-9,16H2,1H3. The molecule has 5 nitrogen and oxygen atoms in total. The van der Waals surface area contributed by atoms with E-state index in [0.717, 1.165) is 6.42 Å².